The van der Waals surface area contributed by atoms with Gasteiger partial charge in [0.2, 0.25) is 0 Å². The third-order valence-corrected chi connectivity index (χ3v) is 15.0. The Bertz CT molecular complexity index is 3210. The molecule has 0 amide bonds. The van der Waals surface area contributed by atoms with Crippen LogP contribution in [0.15, 0.2) is 109 Å². The molecule has 15 heteroatoms. The molecule has 60 heavy (non-hydrogen) atoms. The van der Waals surface area contributed by atoms with E-state index in [0.29, 0.717) is 17.5 Å². The first-order chi connectivity index (χ1) is 28.8. The van der Waals surface area contributed by atoms with Crippen LogP contribution >= 0.6 is 11.3 Å². The van der Waals surface area contributed by atoms with Crippen LogP contribution in [0.25, 0.3) is 87.7 Å². The molecule has 0 spiro atoms. The molecule has 0 saturated carbocycles. The second-order valence-electron chi connectivity index (χ2n) is 16.7. The van der Waals surface area contributed by atoms with E-state index in [1.807, 2.05) is 11.3 Å². The lowest BCUT2D eigenvalue weighted by molar-refractivity contribution is 1.08. The quantitative estimate of drug-likeness (QED) is 0.158. The lowest BCUT2D eigenvalue weighted by Gasteiger charge is -2.25. The van der Waals surface area contributed by atoms with Gasteiger partial charge < -0.3 is 0 Å². The number of nitrogens with zero attached hydrogens (tertiary/aromatic N) is 3. The average molecular weight is 774 g/mol. The third kappa shape index (κ3) is 6.48. The van der Waals surface area contributed by atoms with Crippen LogP contribution in [0.1, 0.15) is 0 Å². The van der Waals surface area contributed by atoms with Crippen molar-refractivity contribution in [3.05, 3.63) is 109 Å². The predicted molar refractivity (Wildman–Crippen MR) is 295 cm³/mol. The van der Waals surface area contributed by atoms with Gasteiger partial charge in [-0.05, 0) is 50.2 Å². The summed E-state index contributed by atoms with van der Waals surface area (Å²) in [5.74, 6) is 2.01. The van der Waals surface area contributed by atoms with Crippen LogP contribution in [-0.4, -0.2) is 101 Å². The van der Waals surface area contributed by atoms with Gasteiger partial charge in [-0.15, -0.1) is 33.2 Å². The van der Waals surface area contributed by atoms with Crippen molar-refractivity contribution in [3.8, 4) is 67.5 Å². The van der Waals surface area contributed by atoms with Crippen LogP contribution in [0, 0.1) is 0 Å². The van der Waals surface area contributed by atoms with Crippen molar-refractivity contribution in [2.24, 2.45) is 0 Å². The highest BCUT2D eigenvalue weighted by Gasteiger charge is 2.26. The molecule has 3 nitrogen and oxygen atoms in total. The Morgan fingerprint density at radius 1 is 0.283 bits per heavy atom. The van der Waals surface area contributed by atoms with Crippen LogP contribution in [0.3, 0.4) is 0 Å². The molecular weight excluding hydrogens is 734 g/mol. The maximum atomic E-state index is 5.40. The molecule has 274 valence electrons. The molecule has 0 atom stereocenters. The molecule has 0 saturated heterocycles. The number of rotatable bonds is 6. The molecule has 0 N–H and O–H groups in total. The number of benzene rings is 7. The Morgan fingerprint density at radius 3 is 1.33 bits per heavy atom. The first-order valence-corrected chi connectivity index (χ1v) is 21.8. The number of aromatic nitrogens is 3. The van der Waals surface area contributed by atoms with Crippen LogP contribution in [-0.2, 0) is 0 Å². The number of fused-ring (bicyclic) bond motifs is 3. The van der Waals surface area contributed by atoms with Gasteiger partial charge in [0.15, 0.2) is 17.5 Å². The number of hydrogen-bond acceptors (Lipinski definition) is 4. The maximum Gasteiger partial charge on any atom is 0.164 e. The Morgan fingerprint density at radius 2 is 0.700 bits per heavy atom. The van der Waals surface area contributed by atoms with E-state index in [1.54, 1.807) is 0 Å². The molecule has 7 aromatic carbocycles. The largest absolute Gasteiger partial charge is 0.208 e. The Kier molecular flexibility index (Phi) is 10.3. The van der Waals surface area contributed by atoms with E-state index in [-0.39, 0.29) is 0 Å². The van der Waals surface area contributed by atoms with Crippen molar-refractivity contribution in [1.82, 2.24) is 15.0 Å². The van der Waals surface area contributed by atoms with Gasteiger partial charge in [0, 0.05) is 26.1 Å². The van der Waals surface area contributed by atoms with E-state index in [1.165, 1.54) is 97.0 Å². The molecule has 0 aliphatic heterocycles. The summed E-state index contributed by atoms with van der Waals surface area (Å²) in [6.07, 6.45) is 0. The van der Waals surface area contributed by atoms with Crippen molar-refractivity contribution in [1.29, 1.82) is 0 Å². The SMILES string of the molecule is Bc1c(B)c(-c2nc(-c3ccc(-c4ccccc4)cc3)nc(-c3cccc(-c4ccccc4)c3)n2)c(B)c(-c2c(B)c(B)c(B)c3c2sc2c(B)c(B)c(B)c(B)c23)c1B. The molecular formula is C45H40B11N3S. The third-order valence-electron chi connectivity index (χ3n) is 13.6. The molecule has 2 heterocycles. The molecule has 0 radical (unpaired) electrons. The summed E-state index contributed by atoms with van der Waals surface area (Å²) >= 11 is 1.97. The Balaban J connectivity index is 1.32. The van der Waals surface area contributed by atoms with Gasteiger partial charge in [-0.1, -0.05) is 141 Å². The highest BCUT2D eigenvalue weighted by molar-refractivity contribution is 7.28. The van der Waals surface area contributed by atoms with E-state index in [2.05, 4.69) is 196 Å². The van der Waals surface area contributed by atoms with E-state index < -0.39 is 0 Å². The zero-order valence-electron chi connectivity index (χ0n) is 36.6. The van der Waals surface area contributed by atoms with Gasteiger partial charge in [-0.25, -0.2) is 15.0 Å². The molecule has 0 unspecified atom stereocenters. The van der Waals surface area contributed by atoms with Crippen molar-refractivity contribution in [3.63, 3.8) is 0 Å². The van der Waals surface area contributed by atoms with Crippen molar-refractivity contribution in [2.75, 3.05) is 0 Å². The first-order valence-electron chi connectivity index (χ1n) is 21.0. The standard InChI is InChI=1S/C45H40B11N3S/c46-30-25(26-32(48)37(53)33(49)27-28-34(50)38(54)39(55)40(56)42(28)60-41(26)27)31(47)36(52)35(51)29(30)45-58-43(22-16-14-21(15-17-22)19-8-3-1-4-9-19)57-44(59-45)24-13-7-12-23(18-24)20-10-5-2-6-11-20/h1-18H,46-56H2. The minimum atomic E-state index is 0.657. The summed E-state index contributed by atoms with van der Waals surface area (Å²) in [7, 11) is 25.2. The van der Waals surface area contributed by atoms with Crippen molar-refractivity contribution >= 4 is 178 Å². The Hall–Kier alpha value is -5.52. The molecule has 9 aromatic rings. The lowest BCUT2D eigenvalue weighted by atomic mass is 9.60. The fourth-order valence-electron chi connectivity index (χ4n) is 9.35. The minimum Gasteiger partial charge on any atom is -0.208 e. The number of hydrogen-bond donors (Lipinski definition) is 0. The second kappa shape index (κ2) is 15.5. The Labute approximate surface area is 367 Å². The summed E-state index contributed by atoms with van der Waals surface area (Å²) in [4.78, 5) is 16.0. The summed E-state index contributed by atoms with van der Waals surface area (Å²) in [6, 6.07) is 38.2. The monoisotopic (exact) mass is 775 g/mol. The molecule has 0 bridgehead atoms. The first kappa shape index (κ1) is 39.9. The maximum absolute atomic E-state index is 5.40. The van der Waals surface area contributed by atoms with Gasteiger partial charge in [-0.3, -0.25) is 0 Å². The van der Waals surface area contributed by atoms with E-state index in [9.17, 15) is 0 Å². The highest BCUT2D eigenvalue weighted by atomic mass is 32.1. The van der Waals surface area contributed by atoms with Crippen molar-refractivity contribution in [2.45, 2.75) is 0 Å². The highest BCUT2D eigenvalue weighted by Crippen LogP contribution is 2.36. The van der Waals surface area contributed by atoms with Gasteiger partial charge in [0.05, 0.1) is 0 Å². The molecule has 9 rings (SSSR count). The van der Waals surface area contributed by atoms with Gasteiger partial charge >= 0.3 is 0 Å². The van der Waals surface area contributed by atoms with E-state index >= 15 is 0 Å². The summed E-state index contributed by atoms with van der Waals surface area (Å²) < 4.78 is 2.78. The van der Waals surface area contributed by atoms with Crippen LogP contribution in [0.2, 0.25) is 0 Å². The average Bonchev–Trinajstić information content (AvgIpc) is 3.69. The van der Waals surface area contributed by atoms with Crippen LogP contribution < -0.4 is 60.1 Å². The van der Waals surface area contributed by atoms with E-state index in [0.717, 1.165) is 33.4 Å². The normalized spacial score (nSPS) is 11.4. The molecule has 0 aliphatic rings. The zero-order chi connectivity index (χ0) is 42.1. The van der Waals surface area contributed by atoms with E-state index in [4.69, 9.17) is 15.0 Å². The van der Waals surface area contributed by atoms with Gasteiger partial charge in [0.1, 0.15) is 86.3 Å². The zero-order valence-corrected chi connectivity index (χ0v) is 37.5. The lowest BCUT2D eigenvalue weighted by Crippen LogP contribution is -2.48. The topological polar surface area (TPSA) is 38.7 Å². The molecule has 2 aromatic heterocycles. The predicted octanol–water partition coefficient (Wildman–Crippen LogP) is -6.92. The fraction of sp³-hybridized carbons (Fsp3) is 0. The minimum absolute atomic E-state index is 0.657. The summed E-state index contributed by atoms with van der Waals surface area (Å²) in [5.41, 5.74) is 24.8. The summed E-state index contributed by atoms with van der Waals surface area (Å²) in [5, 5.41) is 2.82. The van der Waals surface area contributed by atoms with Gasteiger partial charge in [-0.2, -0.15) is 0 Å². The second-order valence-corrected chi connectivity index (χ2v) is 17.7. The van der Waals surface area contributed by atoms with Crippen LogP contribution in [0.5, 0.6) is 0 Å². The smallest absolute Gasteiger partial charge is 0.164 e. The summed E-state index contributed by atoms with van der Waals surface area (Å²) in [6.45, 7) is 0. The molecule has 0 aliphatic carbocycles. The molecule has 0 fully saturated rings. The van der Waals surface area contributed by atoms with Crippen molar-refractivity contribution < 1.29 is 0 Å². The fourth-order valence-corrected chi connectivity index (χ4v) is 10.9. The van der Waals surface area contributed by atoms with Gasteiger partial charge in [0.25, 0.3) is 0 Å². The van der Waals surface area contributed by atoms with Crippen LogP contribution in [0.4, 0.5) is 0 Å². The number of thiophene rings is 1.